The van der Waals surface area contributed by atoms with E-state index in [0.717, 1.165) is 27.9 Å². The van der Waals surface area contributed by atoms with Crippen molar-refractivity contribution in [3.63, 3.8) is 0 Å². The van der Waals surface area contributed by atoms with Crippen molar-refractivity contribution in [3.05, 3.63) is 57.6 Å². The second kappa shape index (κ2) is 7.71. The van der Waals surface area contributed by atoms with E-state index in [1.54, 1.807) is 0 Å². The monoisotopic (exact) mass is 345 g/mol. The van der Waals surface area contributed by atoms with Crippen LogP contribution in [0.15, 0.2) is 30.3 Å². The van der Waals surface area contributed by atoms with Gasteiger partial charge in [0.25, 0.3) is 5.91 Å². The minimum Gasteiger partial charge on any atom is -0.483 e. The van der Waals surface area contributed by atoms with Crippen LogP contribution in [0.1, 0.15) is 42.0 Å². The van der Waals surface area contributed by atoms with Crippen molar-refractivity contribution in [1.29, 1.82) is 0 Å². The Morgan fingerprint density at radius 2 is 1.83 bits per heavy atom. The molecule has 0 aliphatic rings. The summed E-state index contributed by atoms with van der Waals surface area (Å²) in [7, 11) is 0. The van der Waals surface area contributed by atoms with E-state index in [0.29, 0.717) is 10.8 Å². The zero-order valence-electron chi connectivity index (χ0n) is 14.9. The van der Waals surface area contributed by atoms with Gasteiger partial charge in [0.15, 0.2) is 6.61 Å². The zero-order chi connectivity index (χ0) is 17.9. The normalized spacial score (nSPS) is 10.8. The second-order valence-corrected chi connectivity index (χ2v) is 6.86. The fourth-order valence-corrected chi connectivity index (χ4v) is 2.62. The minimum absolute atomic E-state index is 0.0336. The molecule has 2 aromatic carbocycles. The second-order valence-electron chi connectivity index (χ2n) is 6.45. The van der Waals surface area contributed by atoms with Crippen LogP contribution in [-0.2, 0) is 4.79 Å². The van der Waals surface area contributed by atoms with Crippen LogP contribution in [0.3, 0.4) is 0 Å². The van der Waals surface area contributed by atoms with Crippen molar-refractivity contribution >= 4 is 23.2 Å². The highest BCUT2D eigenvalue weighted by atomic mass is 35.5. The van der Waals surface area contributed by atoms with Crippen LogP contribution in [0, 0.1) is 20.8 Å². The molecule has 0 saturated carbocycles. The molecule has 0 aliphatic heterocycles. The molecule has 1 N–H and O–H groups in total. The summed E-state index contributed by atoms with van der Waals surface area (Å²) in [6.07, 6.45) is 0. The predicted octanol–water partition coefficient (Wildman–Crippen LogP) is 5.41. The summed E-state index contributed by atoms with van der Waals surface area (Å²) in [6.45, 7) is 10.0. The van der Waals surface area contributed by atoms with E-state index in [2.05, 4.69) is 19.2 Å². The Morgan fingerprint density at radius 3 is 2.50 bits per heavy atom. The first-order valence-corrected chi connectivity index (χ1v) is 8.45. The number of amides is 1. The number of carbonyl (C=O) groups excluding carboxylic acids is 1. The number of halogens is 1. The first kappa shape index (κ1) is 18.3. The summed E-state index contributed by atoms with van der Waals surface area (Å²) in [5, 5.41) is 3.62. The summed E-state index contributed by atoms with van der Waals surface area (Å²) in [4.78, 5) is 12.2. The SMILES string of the molecule is Cc1ccc(C)c(NC(=O)COc2cc(C)c(Cl)cc2C(C)C)c1. The molecule has 0 heterocycles. The maximum Gasteiger partial charge on any atom is 0.262 e. The van der Waals surface area contributed by atoms with Gasteiger partial charge in [-0.3, -0.25) is 4.79 Å². The lowest BCUT2D eigenvalue weighted by Crippen LogP contribution is -2.21. The molecule has 128 valence electrons. The maximum absolute atomic E-state index is 12.2. The molecule has 0 aromatic heterocycles. The number of aryl methyl sites for hydroxylation is 3. The average Bonchev–Trinajstić information content (AvgIpc) is 2.51. The summed E-state index contributed by atoms with van der Waals surface area (Å²) < 4.78 is 5.77. The van der Waals surface area contributed by atoms with Gasteiger partial charge in [0.1, 0.15) is 5.75 Å². The molecular weight excluding hydrogens is 322 g/mol. The fourth-order valence-electron chi connectivity index (χ4n) is 2.45. The van der Waals surface area contributed by atoms with E-state index >= 15 is 0 Å². The fraction of sp³-hybridized carbons (Fsp3) is 0.350. The molecule has 24 heavy (non-hydrogen) atoms. The molecule has 0 unspecified atom stereocenters. The smallest absolute Gasteiger partial charge is 0.262 e. The quantitative estimate of drug-likeness (QED) is 0.787. The number of hydrogen-bond donors (Lipinski definition) is 1. The molecule has 1 amide bonds. The van der Waals surface area contributed by atoms with E-state index in [4.69, 9.17) is 16.3 Å². The van der Waals surface area contributed by atoms with Crippen LogP contribution in [0.25, 0.3) is 0 Å². The van der Waals surface area contributed by atoms with Crippen LogP contribution < -0.4 is 10.1 Å². The van der Waals surface area contributed by atoms with Gasteiger partial charge in [0, 0.05) is 10.7 Å². The van der Waals surface area contributed by atoms with Crippen LogP contribution >= 0.6 is 11.6 Å². The largest absolute Gasteiger partial charge is 0.483 e. The Bertz CT molecular complexity index is 754. The lowest BCUT2D eigenvalue weighted by atomic mass is 10.0. The van der Waals surface area contributed by atoms with Crippen molar-refractivity contribution in [2.45, 2.75) is 40.5 Å². The Morgan fingerprint density at radius 1 is 1.12 bits per heavy atom. The highest BCUT2D eigenvalue weighted by molar-refractivity contribution is 6.31. The molecule has 4 heteroatoms. The van der Waals surface area contributed by atoms with Gasteiger partial charge >= 0.3 is 0 Å². The number of carbonyl (C=O) groups is 1. The molecule has 0 atom stereocenters. The number of rotatable bonds is 5. The van der Waals surface area contributed by atoms with Gasteiger partial charge in [0.2, 0.25) is 0 Å². The zero-order valence-corrected chi connectivity index (χ0v) is 15.6. The topological polar surface area (TPSA) is 38.3 Å². The van der Waals surface area contributed by atoms with Crippen molar-refractivity contribution in [3.8, 4) is 5.75 Å². The highest BCUT2D eigenvalue weighted by Crippen LogP contribution is 2.32. The number of anilines is 1. The van der Waals surface area contributed by atoms with Crippen molar-refractivity contribution < 1.29 is 9.53 Å². The van der Waals surface area contributed by atoms with Gasteiger partial charge < -0.3 is 10.1 Å². The van der Waals surface area contributed by atoms with Crippen LogP contribution in [-0.4, -0.2) is 12.5 Å². The van der Waals surface area contributed by atoms with Gasteiger partial charge in [-0.1, -0.05) is 37.6 Å². The van der Waals surface area contributed by atoms with Gasteiger partial charge in [-0.15, -0.1) is 0 Å². The summed E-state index contributed by atoms with van der Waals surface area (Å²) in [6, 6.07) is 9.78. The van der Waals surface area contributed by atoms with E-state index in [1.165, 1.54) is 0 Å². The Labute approximate surface area is 149 Å². The molecule has 0 saturated heterocycles. The van der Waals surface area contributed by atoms with E-state index in [-0.39, 0.29) is 18.4 Å². The molecule has 0 bridgehead atoms. The van der Waals surface area contributed by atoms with E-state index in [1.807, 2.05) is 51.1 Å². The molecule has 3 nitrogen and oxygen atoms in total. The molecule has 0 spiro atoms. The van der Waals surface area contributed by atoms with Crippen molar-refractivity contribution in [1.82, 2.24) is 0 Å². The van der Waals surface area contributed by atoms with E-state index < -0.39 is 0 Å². The molecule has 2 aromatic rings. The van der Waals surface area contributed by atoms with Crippen molar-refractivity contribution in [2.75, 3.05) is 11.9 Å². The van der Waals surface area contributed by atoms with Gasteiger partial charge in [-0.05, 0) is 67.1 Å². The third kappa shape index (κ3) is 4.51. The van der Waals surface area contributed by atoms with Gasteiger partial charge in [-0.25, -0.2) is 0 Å². The van der Waals surface area contributed by atoms with E-state index in [9.17, 15) is 4.79 Å². The third-order valence-corrected chi connectivity index (χ3v) is 4.35. The Balaban J connectivity index is 2.09. The van der Waals surface area contributed by atoms with Crippen molar-refractivity contribution in [2.24, 2.45) is 0 Å². The molecule has 0 fully saturated rings. The third-order valence-electron chi connectivity index (χ3n) is 3.94. The van der Waals surface area contributed by atoms with Crippen LogP contribution in [0.5, 0.6) is 5.75 Å². The van der Waals surface area contributed by atoms with Gasteiger partial charge in [-0.2, -0.15) is 0 Å². The summed E-state index contributed by atoms with van der Waals surface area (Å²) >= 11 is 6.20. The summed E-state index contributed by atoms with van der Waals surface area (Å²) in [5.74, 6) is 0.800. The molecule has 2 rings (SSSR count). The Kier molecular flexibility index (Phi) is 5.89. The lowest BCUT2D eigenvalue weighted by Gasteiger charge is -2.16. The summed E-state index contributed by atoms with van der Waals surface area (Å²) in [5.41, 5.74) is 4.89. The first-order chi connectivity index (χ1) is 11.3. The Hall–Kier alpha value is -2.00. The predicted molar refractivity (Wildman–Crippen MR) is 100 cm³/mol. The molecule has 0 radical (unpaired) electrons. The molecule has 0 aliphatic carbocycles. The highest BCUT2D eigenvalue weighted by Gasteiger charge is 2.13. The molecular formula is C20H24ClNO2. The average molecular weight is 346 g/mol. The number of hydrogen-bond acceptors (Lipinski definition) is 2. The number of ether oxygens (including phenoxy) is 1. The van der Waals surface area contributed by atoms with Crippen LogP contribution in [0.2, 0.25) is 5.02 Å². The van der Waals surface area contributed by atoms with Gasteiger partial charge in [0.05, 0.1) is 0 Å². The van der Waals surface area contributed by atoms with Crippen LogP contribution in [0.4, 0.5) is 5.69 Å². The lowest BCUT2D eigenvalue weighted by molar-refractivity contribution is -0.118. The number of benzene rings is 2. The minimum atomic E-state index is -0.175. The maximum atomic E-state index is 12.2. The first-order valence-electron chi connectivity index (χ1n) is 8.08. The standard InChI is InChI=1S/C20H24ClNO2/c1-12(2)16-10-17(21)15(5)9-19(16)24-11-20(23)22-18-8-13(3)6-7-14(18)4/h6-10,12H,11H2,1-5H3,(H,22,23). The number of nitrogens with one attached hydrogen (secondary N) is 1.